The number of rotatable bonds is 4. The zero-order valence-electron chi connectivity index (χ0n) is 9.35. The number of ketones is 1. The Balaban J connectivity index is 2.97. The minimum atomic E-state index is -0.0869. The number of hydrogen-bond acceptors (Lipinski definition) is 3. The molecule has 0 fully saturated rings. The lowest BCUT2D eigenvalue weighted by molar-refractivity contribution is -0.111. The fourth-order valence-electron chi connectivity index (χ4n) is 1.15. The van der Waals surface area contributed by atoms with Crippen LogP contribution in [0.5, 0.6) is 0 Å². The quantitative estimate of drug-likeness (QED) is 0.507. The third-order valence-electron chi connectivity index (χ3n) is 2.09. The van der Waals surface area contributed by atoms with Crippen molar-refractivity contribution in [3.8, 4) is 0 Å². The molecule has 6 heteroatoms. The third-order valence-corrected chi connectivity index (χ3v) is 3.38. The van der Waals surface area contributed by atoms with Crippen LogP contribution in [-0.2, 0) is 4.79 Å². The Bertz CT molecular complexity index is 472. The number of carbonyl (C=O) groups excluding carboxylic acids is 1. The van der Waals surface area contributed by atoms with Crippen molar-refractivity contribution in [2.75, 3.05) is 5.43 Å². The Morgan fingerprint density at radius 3 is 2.47 bits per heavy atom. The summed E-state index contributed by atoms with van der Waals surface area (Å²) in [7, 11) is 0. The molecule has 0 aliphatic heterocycles. The summed E-state index contributed by atoms with van der Waals surface area (Å²) in [6.45, 7) is 3.30. The lowest BCUT2D eigenvalue weighted by Gasteiger charge is -2.07. The van der Waals surface area contributed by atoms with E-state index in [9.17, 15) is 4.79 Å². The summed E-state index contributed by atoms with van der Waals surface area (Å²) in [5, 5.41) is 4.88. The Kier molecular flexibility index (Phi) is 5.25. The van der Waals surface area contributed by atoms with Gasteiger partial charge in [-0.05, 0) is 18.6 Å². The predicted octanol–water partition coefficient (Wildman–Crippen LogP) is 4.41. The summed E-state index contributed by atoms with van der Waals surface area (Å²) >= 11 is 17.6. The molecule has 0 radical (unpaired) electrons. The summed E-state index contributed by atoms with van der Waals surface area (Å²) in [6.07, 6.45) is 0.543. The van der Waals surface area contributed by atoms with Crippen LogP contribution < -0.4 is 5.43 Å². The number of Topliss-reactive ketones (excluding diaryl/α,β-unsaturated/α-hetero) is 1. The van der Waals surface area contributed by atoms with Gasteiger partial charge in [0.1, 0.15) is 5.71 Å². The van der Waals surface area contributed by atoms with Gasteiger partial charge in [-0.25, -0.2) is 0 Å². The Hall–Kier alpha value is -0.770. The van der Waals surface area contributed by atoms with E-state index in [1.54, 1.807) is 12.1 Å². The normalized spacial score (nSPS) is 11.5. The first-order valence-corrected chi connectivity index (χ1v) is 6.07. The maximum Gasteiger partial charge on any atom is 0.175 e. The van der Waals surface area contributed by atoms with Crippen molar-refractivity contribution in [1.82, 2.24) is 0 Å². The minimum Gasteiger partial charge on any atom is -0.293 e. The molecule has 0 amide bonds. The van der Waals surface area contributed by atoms with E-state index in [2.05, 4.69) is 10.5 Å². The highest BCUT2D eigenvalue weighted by Crippen LogP contribution is 2.35. The lowest BCUT2D eigenvalue weighted by Crippen LogP contribution is -2.10. The highest BCUT2D eigenvalue weighted by atomic mass is 35.5. The average molecular weight is 294 g/mol. The lowest BCUT2D eigenvalue weighted by atomic mass is 10.2. The summed E-state index contributed by atoms with van der Waals surface area (Å²) in [6, 6.07) is 3.25. The third kappa shape index (κ3) is 3.60. The average Bonchev–Trinajstić information content (AvgIpc) is 2.29. The van der Waals surface area contributed by atoms with Gasteiger partial charge in [0.15, 0.2) is 5.78 Å². The molecule has 3 nitrogen and oxygen atoms in total. The van der Waals surface area contributed by atoms with Crippen LogP contribution in [0.15, 0.2) is 17.2 Å². The van der Waals surface area contributed by atoms with Gasteiger partial charge in [-0.2, -0.15) is 5.10 Å². The van der Waals surface area contributed by atoms with Gasteiger partial charge in [0.25, 0.3) is 0 Å². The van der Waals surface area contributed by atoms with Crippen LogP contribution >= 0.6 is 34.8 Å². The molecule has 1 aromatic carbocycles. The van der Waals surface area contributed by atoms with Gasteiger partial charge in [-0.1, -0.05) is 41.7 Å². The number of hydrogen-bond donors (Lipinski definition) is 1. The van der Waals surface area contributed by atoms with Crippen molar-refractivity contribution >= 4 is 52.0 Å². The number of nitrogens with zero attached hydrogens (tertiary/aromatic N) is 1. The molecule has 0 aromatic heterocycles. The molecule has 0 heterocycles. The first-order valence-electron chi connectivity index (χ1n) is 4.94. The second-order valence-corrected chi connectivity index (χ2v) is 4.47. The molecule has 0 unspecified atom stereocenters. The Labute approximate surface area is 115 Å². The zero-order chi connectivity index (χ0) is 13.0. The smallest absolute Gasteiger partial charge is 0.175 e. The summed E-state index contributed by atoms with van der Waals surface area (Å²) in [4.78, 5) is 11.2. The van der Waals surface area contributed by atoms with Crippen molar-refractivity contribution in [3.05, 3.63) is 27.2 Å². The predicted molar refractivity (Wildman–Crippen MR) is 73.5 cm³/mol. The van der Waals surface area contributed by atoms with E-state index in [0.717, 1.165) is 0 Å². The number of nitrogens with one attached hydrogen (secondary N) is 1. The van der Waals surface area contributed by atoms with Crippen molar-refractivity contribution in [2.45, 2.75) is 20.3 Å². The van der Waals surface area contributed by atoms with Crippen LogP contribution in [0.4, 0.5) is 5.69 Å². The maximum atomic E-state index is 11.2. The van der Waals surface area contributed by atoms with Crippen LogP contribution in [0.2, 0.25) is 15.1 Å². The second kappa shape index (κ2) is 6.24. The van der Waals surface area contributed by atoms with Crippen LogP contribution in [-0.4, -0.2) is 11.5 Å². The first-order chi connectivity index (χ1) is 7.97. The van der Waals surface area contributed by atoms with Gasteiger partial charge >= 0.3 is 0 Å². The number of anilines is 1. The van der Waals surface area contributed by atoms with E-state index in [1.165, 1.54) is 6.92 Å². The molecule has 1 rings (SSSR count). The molecular formula is C11H11Cl3N2O. The van der Waals surface area contributed by atoms with Gasteiger partial charge in [0.05, 0.1) is 20.8 Å². The first kappa shape index (κ1) is 14.3. The second-order valence-electron chi connectivity index (χ2n) is 3.30. The van der Waals surface area contributed by atoms with E-state index in [0.29, 0.717) is 22.8 Å². The molecule has 92 valence electrons. The molecule has 0 bridgehead atoms. The molecular weight excluding hydrogens is 282 g/mol. The van der Waals surface area contributed by atoms with E-state index in [1.807, 2.05) is 6.92 Å². The summed E-state index contributed by atoms with van der Waals surface area (Å²) in [5.41, 5.74) is 3.65. The van der Waals surface area contributed by atoms with Crippen molar-refractivity contribution in [3.63, 3.8) is 0 Å². The SMILES string of the molecule is CCC(=NNc1ccc(Cl)c(Cl)c1Cl)C(C)=O. The highest BCUT2D eigenvalue weighted by molar-refractivity contribution is 6.49. The highest BCUT2D eigenvalue weighted by Gasteiger charge is 2.09. The molecule has 0 aliphatic rings. The summed E-state index contributed by atoms with van der Waals surface area (Å²) < 4.78 is 0. The molecule has 1 aromatic rings. The van der Waals surface area contributed by atoms with E-state index >= 15 is 0 Å². The van der Waals surface area contributed by atoms with Crippen LogP contribution in [0.1, 0.15) is 20.3 Å². The fourth-order valence-corrected chi connectivity index (χ4v) is 1.72. The van der Waals surface area contributed by atoms with Crippen LogP contribution in [0.25, 0.3) is 0 Å². The Morgan fingerprint density at radius 2 is 1.94 bits per heavy atom. The molecule has 17 heavy (non-hydrogen) atoms. The molecule has 0 atom stereocenters. The summed E-state index contributed by atoms with van der Waals surface area (Å²) in [5.74, 6) is -0.0869. The van der Waals surface area contributed by atoms with Crippen molar-refractivity contribution < 1.29 is 4.79 Å². The van der Waals surface area contributed by atoms with Gasteiger partial charge in [-0.3, -0.25) is 10.2 Å². The fraction of sp³-hybridized carbons (Fsp3) is 0.273. The number of halogens is 3. The maximum absolute atomic E-state index is 11.2. The molecule has 1 N–H and O–H groups in total. The van der Waals surface area contributed by atoms with Crippen LogP contribution in [0, 0.1) is 0 Å². The van der Waals surface area contributed by atoms with Gasteiger partial charge in [-0.15, -0.1) is 0 Å². The standard InChI is InChI=1S/C11H11Cl3N2O/c1-3-8(6(2)17)15-16-9-5-4-7(12)10(13)11(9)14/h4-5,16H,3H2,1-2H3. The topological polar surface area (TPSA) is 41.5 Å². The van der Waals surface area contributed by atoms with E-state index < -0.39 is 0 Å². The minimum absolute atomic E-state index is 0.0869. The molecule has 0 aliphatic carbocycles. The van der Waals surface area contributed by atoms with E-state index in [-0.39, 0.29) is 15.8 Å². The van der Waals surface area contributed by atoms with Crippen LogP contribution in [0.3, 0.4) is 0 Å². The van der Waals surface area contributed by atoms with Gasteiger partial charge in [0, 0.05) is 6.92 Å². The number of hydrazone groups is 1. The molecule has 0 spiro atoms. The number of benzene rings is 1. The van der Waals surface area contributed by atoms with Gasteiger partial charge < -0.3 is 0 Å². The van der Waals surface area contributed by atoms with Crippen molar-refractivity contribution in [1.29, 1.82) is 0 Å². The zero-order valence-corrected chi connectivity index (χ0v) is 11.6. The molecule has 0 saturated heterocycles. The number of carbonyl (C=O) groups is 1. The largest absolute Gasteiger partial charge is 0.293 e. The van der Waals surface area contributed by atoms with Gasteiger partial charge in [0.2, 0.25) is 0 Å². The molecule has 0 saturated carbocycles. The monoisotopic (exact) mass is 292 g/mol. The van der Waals surface area contributed by atoms with Crippen molar-refractivity contribution in [2.24, 2.45) is 5.10 Å². The Morgan fingerprint density at radius 1 is 1.29 bits per heavy atom. The van der Waals surface area contributed by atoms with E-state index in [4.69, 9.17) is 34.8 Å².